The normalized spacial score (nSPS) is 16.8. The molecule has 0 atom stereocenters. The van der Waals surface area contributed by atoms with Crippen molar-refractivity contribution >= 4 is 57.7 Å². The van der Waals surface area contributed by atoms with Crippen molar-refractivity contribution in [3.8, 4) is 0 Å². The summed E-state index contributed by atoms with van der Waals surface area (Å²) in [5.41, 5.74) is -3.13. The number of anilines is 1. The molecule has 1 aromatic heterocycles. The number of hydrogen-bond donors (Lipinski definition) is 0. The Balaban J connectivity index is 1.80. The van der Waals surface area contributed by atoms with E-state index < -0.39 is 5.51 Å². The molecule has 0 bridgehead atoms. The maximum absolute atomic E-state index is 12.5. The molecule has 128 valence electrons. The van der Waals surface area contributed by atoms with E-state index in [9.17, 15) is 18.0 Å². The molecule has 9 heteroatoms. The van der Waals surface area contributed by atoms with Crippen LogP contribution in [0.15, 0.2) is 58.6 Å². The molecule has 0 aliphatic carbocycles. The monoisotopic (exact) mass is 398 g/mol. The van der Waals surface area contributed by atoms with Gasteiger partial charge >= 0.3 is 5.51 Å². The topological polar surface area (TPSA) is 33.2 Å². The largest absolute Gasteiger partial charge is 0.446 e. The Morgan fingerprint density at radius 1 is 1.20 bits per heavy atom. The van der Waals surface area contributed by atoms with Crippen LogP contribution < -0.4 is 4.90 Å². The van der Waals surface area contributed by atoms with E-state index in [2.05, 4.69) is 4.98 Å². The molecule has 1 aliphatic rings. The zero-order chi connectivity index (χ0) is 18.0. The van der Waals surface area contributed by atoms with Crippen LogP contribution in [0.5, 0.6) is 0 Å². The van der Waals surface area contributed by atoms with Gasteiger partial charge < -0.3 is 0 Å². The molecule has 1 fully saturated rings. The van der Waals surface area contributed by atoms with Crippen molar-refractivity contribution in [2.75, 3.05) is 4.90 Å². The summed E-state index contributed by atoms with van der Waals surface area (Å²) in [6, 6.07) is 9.23. The first-order valence-electron chi connectivity index (χ1n) is 6.87. The number of nitrogens with zero attached hydrogens (tertiary/aromatic N) is 2. The number of hydrogen-bond acceptors (Lipinski definition) is 5. The second-order valence-corrected chi connectivity index (χ2v) is 7.66. The van der Waals surface area contributed by atoms with E-state index in [1.54, 1.807) is 24.4 Å². The van der Waals surface area contributed by atoms with Crippen LogP contribution in [0.2, 0.25) is 0 Å². The first-order chi connectivity index (χ1) is 11.8. The number of carbonyl (C=O) groups is 1. The molecule has 3 nitrogen and oxygen atoms in total. The molecular formula is C16H9F3N2OS3. The number of benzene rings is 1. The molecule has 3 rings (SSSR count). The first kappa shape index (κ1) is 18.0. The Bertz CT molecular complexity index is 836. The van der Waals surface area contributed by atoms with Crippen molar-refractivity contribution in [1.29, 1.82) is 0 Å². The van der Waals surface area contributed by atoms with Crippen molar-refractivity contribution in [3.63, 3.8) is 0 Å². The van der Waals surface area contributed by atoms with Crippen LogP contribution in [-0.4, -0.2) is 20.7 Å². The molecule has 1 aromatic carbocycles. The van der Waals surface area contributed by atoms with E-state index in [-0.39, 0.29) is 22.6 Å². The maximum Gasteiger partial charge on any atom is 0.446 e. The highest BCUT2D eigenvalue weighted by atomic mass is 32.2. The number of thioether (sulfide) groups is 2. The minimum absolute atomic E-state index is 0.0903. The van der Waals surface area contributed by atoms with Crippen LogP contribution in [0.25, 0.3) is 6.08 Å². The Labute approximate surface area is 155 Å². The van der Waals surface area contributed by atoms with Crippen molar-refractivity contribution in [2.45, 2.75) is 10.4 Å². The number of carbonyl (C=O) groups excluding carboxylic acids is 1. The van der Waals surface area contributed by atoms with Gasteiger partial charge in [0.15, 0.2) is 4.32 Å². The highest BCUT2D eigenvalue weighted by molar-refractivity contribution is 8.27. The van der Waals surface area contributed by atoms with E-state index in [0.29, 0.717) is 20.5 Å². The van der Waals surface area contributed by atoms with Gasteiger partial charge in [-0.2, -0.15) is 13.2 Å². The Morgan fingerprint density at radius 2 is 1.92 bits per heavy atom. The van der Waals surface area contributed by atoms with Crippen LogP contribution in [0.3, 0.4) is 0 Å². The quantitative estimate of drug-likeness (QED) is 0.408. The summed E-state index contributed by atoms with van der Waals surface area (Å²) in [5.74, 6) is -0.281. The summed E-state index contributed by atoms with van der Waals surface area (Å²) in [6.07, 6.45) is 4.74. The minimum Gasteiger partial charge on any atom is -0.268 e. The molecule has 1 saturated heterocycles. The summed E-state index contributed by atoms with van der Waals surface area (Å²) in [6.45, 7) is 0. The predicted octanol–water partition coefficient (Wildman–Crippen LogP) is 5.10. The summed E-state index contributed by atoms with van der Waals surface area (Å²) >= 11 is 6.21. The van der Waals surface area contributed by atoms with E-state index in [1.165, 1.54) is 35.4 Å². The minimum atomic E-state index is -4.33. The van der Waals surface area contributed by atoms with Crippen LogP contribution in [0.4, 0.5) is 18.9 Å². The number of rotatable bonds is 3. The van der Waals surface area contributed by atoms with Gasteiger partial charge in [0.1, 0.15) is 0 Å². The van der Waals surface area contributed by atoms with E-state index >= 15 is 0 Å². The fraction of sp³-hybridized carbons (Fsp3) is 0.0625. The number of aromatic nitrogens is 1. The van der Waals surface area contributed by atoms with Crippen molar-refractivity contribution in [2.24, 2.45) is 0 Å². The molecule has 0 radical (unpaired) electrons. The lowest BCUT2D eigenvalue weighted by molar-refractivity contribution is -0.113. The van der Waals surface area contributed by atoms with Gasteiger partial charge in [0, 0.05) is 11.1 Å². The fourth-order valence-electron chi connectivity index (χ4n) is 2.09. The summed E-state index contributed by atoms with van der Waals surface area (Å²) < 4.78 is 37.4. The molecule has 0 unspecified atom stereocenters. The first-order valence-corrected chi connectivity index (χ1v) is 8.91. The van der Waals surface area contributed by atoms with Crippen molar-refractivity contribution in [3.05, 3.63) is 59.3 Å². The Kier molecular flexibility index (Phi) is 5.16. The van der Waals surface area contributed by atoms with E-state index in [0.717, 1.165) is 11.8 Å². The van der Waals surface area contributed by atoms with Crippen LogP contribution in [-0.2, 0) is 4.79 Å². The van der Waals surface area contributed by atoms with Gasteiger partial charge in [-0.1, -0.05) is 36.1 Å². The number of alkyl halides is 3. The number of halogens is 3. The maximum atomic E-state index is 12.5. The summed E-state index contributed by atoms with van der Waals surface area (Å²) in [7, 11) is 0. The van der Waals surface area contributed by atoms with Crippen molar-refractivity contribution < 1.29 is 18.0 Å². The smallest absolute Gasteiger partial charge is 0.268 e. The van der Waals surface area contributed by atoms with Gasteiger partial charge in [-0.05, 0) is 47.7 Å². The number of amides is 1. The van der Waals surface area contributed by atoms with Gasteiger partial charge in [-0.25, -0.2) is 0 Å². The molecule has 0 N–H and O–H groups in total. The Morgan fingerprint density at radius 3 is 2.52 bits per heavy atom. The average Bonchev–Trinajstić information content (AvgIpc) is 2.83. The second-order valence-electron chi connectivity index (χ2n) is 4.85. The molecule has 1 amide bonds. The summed E-state index contributed by atoms with van der Waals surface area (Å²) in [5, 5.41) is 0. The zero-order valence-electron chi connectivity index (χ0n) is 12.4. The standard InChI is InChI=1S/C16H9F3N2OS3/c17-16(18,19)25-12-5-3-10(4-6-12)8-13-14(22)21(15(23)24-13)11-2-1-7-20-9-11/h1-9H/b13-8-. The average molecular weight is 398 g/mol. The number of pyridine rings is 1. The molecule has 0 saturated carbocycles. The van der Waals surface area contributed by atoms with Crippen LogP contribution in [0, 0.1) is 0 Å². The zero-order valence-corrected chi connectivity index (χ0v) is 14.8. The third kappa shape index (κ3) is 4.42. The van der Waals surface area contributed by atoms with Gasteiger partial charge in [-0.3, -0.25) is 14.7 Å². The fourth-order valence-corrected chi connectivity index (χ4v) is 3.93. The van der Waals surface area contributed by atoms with E-state index in [1.807, 2.05) is 0 Å². The van der Waals surface area contributed by atoms with Crippen LogP contribution in [0.1, 0.15) is 5.56 Å². The van der Waals surface area contributed by atoms with Gasteiger partial charge in [0.2, 0.25) is 0 Å². The highest BCUT2D eigenvalue weighted by Crippen LogP contribution is 2.38. The molecular weight excluding hydrogens is 389 g/mol. The number of thiocarbonyl (C=S) groups is 1. The highest BCUT2D eigenvalue weighted by Gasteiger charge is 2.33. The molecule has 0 spiro atoms. The lowest BCUT2D eigenvalue weighted by atomic mass is 10.2. The van der Waals surface area contributed by atoms with Crippen molar-refractivity contribution in [1.82, 2.24) is 4.98 Å². The molecule has 25 heavy (non-hydrogen) atoms. The van der Waals surface area contributed by atoms with Gasteiger partial charge in [0.05, 0.1) is 16.8 Å². The van der Waals surface area contributed by atoms with Gasteiger partial charge in [-0.15, -0.1) is 0 Å². The SMILES string of the molecule is O=C1/C(=C/c2ccc(SC(F)(F)F)cc2)SC(=S)N1c1cccnc1. The third-order valence-corrected chi connectivity index (χ3v) is 5.15. The predicted molar refractivity (Wildman–Crippen MR) is 98.2 cm³/mol. The second kappa shape index (κ2) is 7.19. The molecule has 2 heterocycles. The molecule has 1 aliphatic heterocycles. The van der Waals surface area contributed by atoms with Gasteiger partial charge in [0.25, 0.3) is 5.91 Å². The lowest BCUT2D eigenvalue weighted by Crippen LogP contribution is -2.27. The third-order valence-electron chi connectivity index (χ3n) is 3.11. The lowest BCUT2D eigenvalue weighted by Gasteiger charge is -2.13. The van der Waals surface area contributed by atoms with E-state index in [4.69, 9.17) is 12.2 Å². The summed E-state index contributed by atoms with van der Waals surface area (Å²) in [4.78, 5) is 18.4. The molecule has 2 aromatic rings. The Hall–Kier alpha value is -1.84. The van der Waals surface area contributed by atoms with Crippen LogP contribution >= 0.6 is 35.7 Å².